The van der Waals surface area contributed by atoms with Crippen LogP contribution in [0.4, 0.5) is 4.79 Å². The molecule has 0 aliphatic rings. The highest BCUT2D eigenvalue weighted by Crippen LogP contribution is 2.06. The molecule has 0 saturated carbocycles. The fourth-order valence-corrected chi connectivity index (χ4v) is 1.15. The zero-order chi connectivity index (χ0) is 13.6. The van der Waals surface area contributed by atoms with Gasteiger partial charge in [-0.1, -0.05) is 5.21 Å². The Balaban J connectivity index is 2.17. The summed E-state index contributed by atoms with van der Waals surface area (Å²) < 4.78 is 5.12. The second-order valence-electron chi connectivity index (χ2n) is 4.99. The Kier molecular flexibility index (Phi) is 5.02. The number of alkyl carbamates (subject to hydrolysis) is 1. The summed E-state index contributed by atoms with van der Waals surface area (Å²) in [6.45, 7) is 8.37. The molecule has 1 aromatic heterocycles. The van der Waals surface area contributed by atoms with Crippen molar-refractivity contribution in [1.82, 2.24) is 31.3 Å². The summed E-state index contributed by atoms with van der Waals surface area (Å²) in [6, 6.07) is 0.0796. The summed E-state index contributed by atoms with van der Waals surface area (Å²) >= 11 is 0. The topological polar surface area (TPSA) is 105 Å². The number of nitrogens with one attached hydrogen (secondary N) is 3. The third-order valence-electron chi connectivity index (χ3n) is 1.95. The lowest BCUT2D eigenvalue weighted by Gasteiger charge is -2.21. The smallest absolute Gasteiger partial charge is 0.407 e. The highest BCUT2D eigenvalue weighted by Gasteiger charge is 2.16. The summed E-state index contributed by atoms with van der Waals surface area (Å²) in [7, 11) is 0. The van der Waals surface area contributed by atoms with Gasteiger partial charge in [-0.15, -0.1) is 10.2 Å². The van der Waals surface area contributed by atoms with Crippen LogP contribution in [-0.2, 0) is 11.3 Å². The summed E-state index contributed by atoms with van der Waals surface area (Å²) in [4.78, 5) is 11.4. The monoisotopic (exact) mass is 256 g/mol. The number of tetrazole rings is 1. The molecule has 18 heavy (non-hydrogen) atoms. The van der Waals surface area contributed by atoms with Gasteiger partial charge in [0.15, 0.2) is 5.82 Å². The first-order chi connectivity index (χ1) is 8.37. The van der Waals surface area contributed by atoms with Crippen LogP contribution in [0.3, 0.4) is 0 Å². The van der Waals surface area contributed by atoms with Gasteiger partial charge < -0.3 is 15.4 Å². The van der Waals surface area contributed by atoms with Crippen LogP contribution in [0.1, 0.15) is 33.5 Å². The van der Waals surface area contributed by atoms with Crippen LogP contribution >= 0.6 is 0 Å². The molecule has 3 N–H and O–H groups in total. The molecule has 0 radical (unpaired) electrons. The Bertz CT molecular complexity index is 359. The number of carbonyl (C=O) groups excluding carboxylic acids is 1. The van der Waals surface area contributed by atoms with Crippen molar-refractivity contribution in [3.8, 4) is 0 Å². The molecule has 8 heteroatoms. The number of carbonyl (C=O) groups is 1. The molecule has 1 amide bonds. The van der Waals surface area contributed by atoms with Crippen LogP contribution < -0.4 is 10.6 Å². The van der Waals surface area contributed by atoms with E-state index in [1.165, 1.54) is 0 Å². The van der Waals surface area contributed by atoms with Gasteiger partial charge in [-0.05, 0) is 27.7 Å². The van der Waals surface area contributed by atoms with E-state index in [4.69, 9.17) is 4.74 Å². The lowest BCUT2D eigenvalue weighted by Crippen LogP contribution is -2.41. The van der Waals surface area contributed by atoms with Crippen LogP contribution in [0.2, 0.25) is 0 Å². The molecule has 0 spiro atoms. The molecule has 0 bridgehead atoms. The molecular formula is C10H20N6O2. The van der Waals surface area contributed by atoms with E-state index in [0.717, 1.165) is 0 Å². The predicted octanol–water partition coefficient (Wildman–Crippen LogP) is 0.203. The van der Waals surface area contributed by atoms with Gasteiger partial charge in [0.2, 0.25) is 0 Å². The van der Waals surface area contributed by atoms with E-state index in [2.05, 4.69) is 31.3 Å². The molecule has 8 nitrogen and oxygen atoms in total. The van der Waals surface area contributed by atoms with Crippen LogP contribution in [0.15, 0.2) is 0 Å². The molecule has 0 aliphatic heterocycles. The van der Waals surface area contributed by atoms with Crippen molar-refractivity contribution in [2.24, 2.45) is 0 Å². The number of rotatable bonds is 5. The summed E-state index contributed by atoms with van der Waals surface area (Å²) in [6.07, 6.45) is -0.421. The second kappa shape index (κ2) is 6.29. The van der Waals surface area contributed by atoms with E-state index in [9.17, 15) is 4.79 Å². The van der Waals surface area contributed by atoms with E-state index in [1.54, 1.807) is 0 Å². The minimum atomic E-state index is -0.481. The standard InChI is InChI=1S/C10H20N6O2/c1-7(11-6-8-13-15-16-14-8)5-12-9(17)18-10(2,3)4/h7,11H,5-6H2,1-4H3,(H,12,17)(H,13,14,15,16). The third-order valence-corrected chi connectivity index (χ3v) is 1.95. The molecule has 1 rings (SSSR count). The second-order valence-corrected chi connectivity index (χ2v) is 4.99. The van der Waals surface area contributed by atoms with Crippen LogP contribution in [-0.4, -0.2) is 44.9 Å². The average molecular weight is 256 g/mol. The van der Waals surface area contributed by atoms with Crippen LogP contribution in [0, 0.1) is 0 Å². The van der Waals surface area contributed by atoms with Gasteiger partial charge in [-0.2, -0.15) is 5.21 Å². The maximum atomic E-state index is 11.4. The van der Waals surface area contributed by atoms with Crippen molar-refractivity contribution in [3.05, 3.63) is 5.82 Å². The first kappa shape index (κ1) is 14.4. The number of aromatic nitrogens is 4. The fraction of sp³-hybridized carbons (Fsp3) is 0.800. The number of hydrogen-bond donors (Lipinski definition) is 3. The van der Waals surface area contributed by atoms with Gasteiger partial charge in [0.05, 0.1) is 6.54 Å². The Labute approximate surface area is 106 Å². The van der Waals surface area contributed by atoms with Crippen LogP contribution in [0.25, 0.3) is 0 Å². The molecule has 1 unspecified atom stereocenters. The first-order valence-corrected chi connectivity index (χ1v) is 5.79. The lowest BCUT2D eigenvalue weighted by molar-refractivity contribution is 0.0523. The third kappa shape index (κ3) is 6.14. The van der Waals surface area contributed by atoms with E-state index in [-0.39, 0.29) is 6.04 Å². The molecular weight excluding hydrogens is 236 g/mol. The molecule has 1 heterocycles. The minimum Gasteiger partial charge on any atom is -0.444 e. The van der Waals surface area contributed by atoms with Gasteiger partial charge in [-0.25, -0.2) is 4.79 Å². The van der Waals surface area contributed by atoms with E-state index in [0.29, 0.717) is 18.9 Å². The quantitative estimate of drug-likeness (QED) is 0.695. The highest BCUT2D eigenvalue weighted by molar-refractivity contribution is 5.67. The van der Waals surface area contributed by atoms with Gasteiger partial charge in [0.1, 0.15) is 5.60 Å². The van der Waals surface area contributed by atoms with Crippen molar-refractivity contribution < 1.29 is 9.53 Å². The van der Waals surface area contributed by atoms with Crippen molar-refractivity contribution in [3.63, 3.8) is 0 Å². The average Bonchev–Trinajstić information content (AvgIpc) is 2.74. The van der Waals surface area contributed by atoms with Gasteiger partial charge in [-0.3, -0.25) is 0 Å². The van der Waals surface area contributed by atoms with Gasteiger partial charge >= 0.3 is 6.09 Å². The van der Waals surface area contributed by atoms with E-state index >= 15 is 0 Å². The maximum Gasteiger partial charge on any atom is 0.407 e. The first-order valence-electron chi connectivity index (χ1n) is 5.79. The predicted molar refractivity (Wildman–Crippen MR) is 64.7 cm³/mol. The van der Waals surface area contributed by atoms with Gasteiger partial charge in [0, 0.05) is 12.6 Å². The number of H-pyrrole nitrogens is 1. The van der Waals surface area contributed by atoms with Gasteiger partial charge in [0.25, 0.3) is 0 Å². The normalized spacial score (nSPS) is 13.1. The molecule has 102 valence electrons. The number of amides is 1. The zero-order valence-electron chi connectivity index (χ0n) is 11.1. The van der Waals surface area contributed by atoms with Crippen molar-refractivity contribution >= 4 is 6.09 Å². The van der Waals surface area contributed by atoms with E-state index < -0.39 is 11.7 Å². The number of hydrogen-bond acceptors (Lipinski definition) is 6. The molecule has 0 saturated heterocycles. The Morgan fingerprint density at radius 3 is 2.78 bits per heavy atom. The number of ether oxygens (including phenoxy) is 1. The zero-order valence-corrected chi connectivity index (χ0v) is 11.1. The molecule has 0 fully saturated rings. The summed E-state index contributed by atoms with van der Waals surface area (Å²) in [5.74, 6) is 0.583. The Morgan fingerprint density at radius 1 is 1.50 bits per heavy atom. The highest BCUT2D eigenvalue weighted by atomic mass is 16.6. The largest absolute Gasteiger partial charge is 0.444 e. The number of nitrogens with zero attached hydrogens (tertiary/aromatic N) is 3. The van der Waals surface area contributed by atoms with Crippen molar-refractivity contribution in [2.45, 2.75) is 45.9 Å². The summed E-state index contributed by atoms with van der Waals surface area (Å²) in [5.41, 5.74) is -0.481. The van der Waals surface area contributed by atoms with Crippen molar-refractivity contribution in [1.29, 1.82) is 0 Å². The minimum absolute atomic E-state index is 0.0796. The maximum absolute atomic E-state index is 11.4. The molecule has 1 atom stereocenters. The Hall–Kier alpha value is -1.70. The van der Waals surface area contributed by atoms with Crippen LogP contribution in [0.5, 0.6) is 0 Å². The SMILES string of the molecule is CC(CNC(=O)OC(C)(C)C)NCc1nn[nH]n1. The Morgan fingerprint density at radius 2 is 2.22 bits per heavy atom. The molecule has 0 aromatic carbocycles. The van der Waals surface area contributed by atoms with Crippen molar-refractivity contribution in [2.75, 3.05) is 6.54 Å². The molecule has 1 aromatic rings. The summed E-state index contributed by atoms with van der Waals surface area (Å²) in [5, 5.41) is 19.3. The molecule has 0 aliphatic carbocycles. The fourth-order valence-electron chi connectivity index (χ4n) is 1.15. The number of aromatic amines is 1. The lowest BCUT2D eigenvalue weighted by atomic mass is 10.2. The van der Waals surface area contributed by atoms with E-state index in [1.807, 2.05) is 27.7 Å².